The van der Waals surface area contributed by atoms with Gasteiger partial charge in [-0.05, 0) is 13.0 Å². The Morgan fingerprint density at radius 2 is 2.05 bits per heavy atom. The van der Waals surface area contributed by atoms with Crippen molar-refractivity contribution in [1.29, 1.82) is 0 Å². The number of aliphatic hydroxyl groups is 1. The fourth-order valence-corrected chi connectivity index (χ4v) is 3.16. The number of aromatic nitrogens is 1. The van der Waals surface area contributed by atoms with Crippen molar-refractivity contribution in [2.45, 2.75) is 31.8 Å². The third-order valence-electron chi connectivity index (χ3n) is 2.80. The minimum absolute atomic E-state index is 0.0587. The number of carbonyl (C=O) groups is 1. The molecule has 1 rings (SSSR count). The van der Waals surface area contributed by atoms with Gasteiger partial charge in [0.2, 0.25) is 10.0 Å². The Hall–Kier alpha value is -1.38. The Balaban J connectivity index is 2.89. The SMILES string of the molecule is CCN(CC)S(=O)(=O)c1c[nH]c(C(=O)NC[C@H](C)O)c1. The van der Waals surface area contributed by atoms with Gasteiger partial charge in [-0.3, -0.25) is 4.79 Å². The van der Waals surface area contributed by atoms with Crippen LogP contribution in [-0.4, -0.2) is 54.5 Å². The molecule has 1 aromatic rings. The average molecular weight is 303 g/mol. The van der Waals surface area contributed by atoms with E-state index in [0.717, 1.165) is 0 Å². The number of aliphatic hydroxyl groups excluding tert-OH is 1. The summed E-state index contributed by atoms with van der Waals surface area (Å²) in [5.74, 6) is -0.452. The van der Waals surface area contributed by atoms with E-state index in [2.05, 4.69) is 10.3 Å². The molecule has 3 N–H and O–H groups in total. The third-order valence-corrected chi connectivity index (χ3v) is 4.83. The minimum atomic E-state index is -3.57. The number of hydrogen-bond acceptors (Lipinski definition) is 4. The molecule has 0 aromatic carbocycles. The highest BCUT2D eigenvalue weighted by Crippen LogP contribution is 2.16. The van der Waals surface area contributed by atoms with Crippen LogP contribution in [0.25, 0.3) is 0 Å². The molecule has 0 saturated heterocycles. The summed E-state index contributed by atoms with van der Waals surface area (Å²) in [6, 6.07) is 1.30. The highest BCUT2D eigenvalue weighted by molar-refractivity contribution is 7.89. The monoisotopic (exact) mass is 303 g/mol. The van der Waals surface area contributed by atoms with Gasteiger partial charge in [-0.15, -0.1) is 0 Å². The zero-order valence-corrected chi connectivity index (χ0v) is 12.7. The van der Waals surface area contributed by atoms with Crippen LogP contribution in [0.4, 0.5) is 0 Å². The molecule has 1 heterocycles. The first-order valence-electron chi connectivity index (χ1n) is 6.47. The third kappa shape index (κ3) is 3.81. The molecule has 0 aliphatic heterocycles. The lowest BCUT2D eigenvalue weighted by Gasteiger charge is -2.16. The number of carbonyl (C=O) groups excluding carboxylic acids is 1. The second-order valence-electron chi connectivity index (χ2n) is 4.40. The van der Waals surface area contributed by atoms with Gasteiger partial charge in [0.15, 0.2) is 0 Å². The molecule has 7 nitrogen and oxygen atoms in total. The van der Waals surface area contributed by atoms with E-state index >= 15 is 0 Å². The molecule has 8 heteroatoms. The van der Waals surface area contributed by atoms with Crippen molar-refractivity contribution >= 4 is 15.9 Å². The summed E-state index contributed by atoms with van der Waals surface area (Å²) in [7, 11) is -3.57. The number of sulfonamides is 1. The van der Waals surface area contributed by atoms with Gasteiger partial charge in [0.25, 0.3) is 5.91 Å². The van der Waals surface area contributed by atoms with Crippen molar-refractivity contribution in [3.8, 4) is 0 Å². The van der Waals surface area contributed by atoms with E-state index in [9.17, 15) is 13.2 Å². The van der Waals surface area contributed by atoms with Crippen LogP contribution in [0, 0.1) is 0 Å². The van der Waals surface area contributed by atoms with Crippen molar-refractivity contribution in [2.75, 3.05) is 19.6 Å². The molecule has 20 heavy (non-hydrogen) atoms. The van der Waals surface area contributed by atoms with Gasteiger partial charge in [0.1, 0.15) is 10.6 Å². The van der Waals surface area contributed by atoms with E-state index in [0.29, 0.717) is 13.1 Å². The lowest BCUT2D eigenvalue weighted by molar-refractivity contribution is 0.0919. The molecule has 0 unspecified atom stereocenters. The van der Waals surface area contributed by atoms with Gasteiger partial charge < -0.3 is 15.4 Å². The van der Waals surface area contributed by atoms with Gasteiger partial charge in [-0.1, -0.05) is 13.8 Å². The molecular formula is C12H21N3O4S. The maximum Gasteiger partial charge on any atom is 0.267 e. The largest absolute Gasteiger partial charge is 0.392 e. The van der Waals surface area contributed by atoms with Crippen LogP contribution in [0.1, 0.15) is 31.3 Å². The highest BCUT2D eigenvalue weighted by atomic mass is 32.2. The summed E-state index contributed by atoms with van der Waals surface area (Å²) in [5.41, 5.74) is 0.149. The molecule has 0 saturated carbocycles. The minimum Gasteiger partial charge on any atom is -0.392 e. The second kappa shape index (κ2) is 6.87. The predicted octanol–water partition coefficient (Wildman–Crippen LogP) is 0.156. The molecule has 0 bridgehead atoms. The van der Waals surface area contributed by atoms with E-state index in [1.54, 1.807) is 20.8 Å². The first-order valence-corrected chi connectivity index (χ1v) is 7.91. The summed E-state index contributed by atoms with van der Waals surface area (Å²) in [4.78, 5) is 14.4. The van der Waals surface area contributed by atoms with Crippen molar-refractivity contribution in [3.63, 3.8) is 0 Å². The molecule has 0 spiro atoms. The number of hydrogen-bond donors (Lipinski definition) is 3. The second-order valence-corrected chi connectivity index (χ2v) is 6.34. The van der Waals surface area contributed by atoms with Crippen LogP contribution < -0.4 is 5.32 Å². The molecular weight excluding hydrogens is 282 g/mol. The Morgan fingerprint density at radius 3 is 2.55 bits per heavy atom. The normalized spacial score (nSPS) is 13.4. The first-order chi connectivity index (χ1) is 9.32. The van der Waals surface area contributed by atoms with Gasteiger partial charge >= 0.3 is 0 Å². The standard InChI is InChI=1S/C12H21N3O4S/c1-4-15(5-2)20(18,19)10-6-11(13-8-10)12(17)14-7-9(3)16/h6,8-9,13,16H,4-5,7H2,1-3H3,(H,14,17)/t9-/m0/s1. The molecule has 114 valence electrons. The predicted molar refractivity (Wildman–Crippen MR) is 74.9 cm³/mol. The number of rotatable bonds is 7. The quantitative estimate of drug-likeness (QED) is 0.667. The summed E-state index contributed by atoms with van der Waals surface area (Å²) < 4.78 is 25.8. The van der Waals surface area contributed by atoms with Crippen molar-refractivity contribution < 1.29 is 18.3 Å². The summed E-state index contributed by atoms with van der Waals surface area (Å²) in [6.07, 6.45) is 0.637. The first kappa shape index (κ1) is 16.7. The molecule has 0 aliphatic carbocycles. The van der Waals surface area contributed by atoms with Gasteiger partial charge in [0.05, 0.1) is 6.10 Å². The molecule has 1 atom stereocenters. The Bertz CT molecular complexity index is 547. The maximum absolute atomic E-state index is 12.2. The Labute approximate surface area is 119 Å². The lowest BCUT2D eigenvalue weighted by atomic mass is 10.3. The topological polar surface area (TPSA) is 103 Å². The number of aromatic amines is 1. The van der Waals surface area contributed by atoms with Crippen LogP contribution in [-0.2, 0) is 10.0 Å². The molecule has 1 amide bonds. The zero-order valence-electron chi connectivity index (χ0n) is 11.9. The van der Waals surface area contributed by atoms with E-state index in [1.807, 2.05) is 0 Å². The van der Waals surface area contributed by atoms with Crippen LogP contribution in [0.5, 0.6) is 0 Å². The Kier molecular flexibility index (Phi) is 5.73. The number of nitrogens with one attached hydrogen (secondary N) is 2. The van der Waals surface area contributed by atoms with E-state index in [-0.39, 0.29) is 17.1 Å². The van der Waals surface area contributed by atoms with Crippen LogP contribution in [0.15, 0.2) is 17.2 Å². The van der Waals surface area contributed by atoms with Crippen LogP contribution in [0.3, 0.4) is 0 Å². The number of amides is 1. The summed E-state index contributed by atoms with van der Waals surface area (Å²) >= 11 is 0. The lowest BCUT2D eigenvalue weighted by Crippen LogP contribution is -2.31. The van der Waals surface area contributed by atoms with Crippen molar-refractivity contribution in [3.05, 3.63) is 18.0 Å². The molecule has 1 aromatic heterocycles. The van der Waals surface area contributed by atoms with Crippen molar-refractivity contribution in [2.24, 2.45) is 0 Å². The number of H-pyrrole nitrogens is 1. The summed E-state index contributed by atoms with van der Waals surface area (Å²) in [5, 5.41) is 11.6. The molecule has 0 fully saturated rings. The Morgan fingerprint density at radius 1 is 1.45 bits per heavy atom. The van der Waals surface area contributed by atoms with Crippen molar-refractivity contribution in [1.82, 2.24) is 14.6 Å². The maximum atomic E-state index is 12.2. The van der Waals surface area contributed by atoms with Gasteiger partial charge in [-0.25, -0.2) is 8.42 Å². The summed E-state index contributed by atoms with van der Waals surface area (Å²) in [6.45, 7) is 5.90. The fourth-order valence-electron chi connectivity index (χ4n) is 1.70. The zero-order chi connectivity index (χ0) is 15.3. The van der Waals surface area contributed by atoms with Gasteiger partial charge in [-0.2, -0.15) is 4.31 Å². The highest BCUT2D eigenvalue weighted by Gasteiger charge is 2.24. The van der Waals surface area contributed by atoms with Crippen LogP contribution in [0.2, 0.25) is 0 Å². The van der Waals surface area contributed by atoms with E-state index in [4.69, 9.17) is 5.11 Å². The molecule has 0 radical (unpaired) electrons. The fraction of sp³-hybridized carbons (Fsp3) is 0.583. The van der Waals surface area contributed by atoms with Gasteiger partial charge in [0, 0.05) is 25.8 Å². The molecule has 0 aliphatic rings. The smallest absolute Gasteiger partial charge is 0.267 e. The van der Waals surface area contributed by atoms with E-state index in [1.165, 1.54) is 16.6 Å². The van der Waals surface area contributed by atoms with Crippen LogP contribution >= 0.6 is 0 Å². The number of nitrogens with zero attached hydrogens (tertiary/aromatic N) is 1. The average Bonchev–Trinajstić information content (AvgIpc) is 2.87. The van der Waals surface area contributed by atoms with E-state index < -0.39 is 22.0 Å².